The molecular weight excluding hydrogens is 188 g/mol. The minimum absolute atomic E-state index is 0.717. The highest BCUT2D eigenvalue weighted by molar-refractivity contribution is 5.27. The van der Waals surface area contributed by atoms with Crippen molar-refractivity contribution < 1.29 is 0 Å². The van der Waals surface area contributed by atoms with Crippen molar-refractivity contribution in [2.75, 3.05) is 25.0 Å². The first-order chi connectivity index (χ1) is 7.24. The van der Waals surface area contributed by atoms with Crippen LogP contribution in [0.25, 0.3) is 0 Å². The van der Waals surface area contributed by atoms with Crippen molar-refractivity contribution in [1.82, 2.24) is 15.3 Å². The quantitative estimate of drug-likeness (QED) is 0.778. The van der Waals surface area contributed by atoms with Gasteiger partial charge in [-0.25, -0.2) is 9.97 Å². The van der Waals surface area contributed by atoms with Gasteiger partial charge < -0.3 is 10.6 Å². The van der Waals surface area contributed by atoms with Crippen molar-refractivity contribution in [2.45, 2.75) is 20.3 Å². The first kappa shape index (κ1) is 10.4. The van der Waals surface area contributed by atoms with E-state index < -0.39 is 0 Å². The van der Waals surface area contributed by atoms with E-state index >= 15 is 0 Å². The van der Waals surface area contributed by atoms with Gasteiger partial charge in [0.2, 0.25) is 5.95 Å². The summed E-state index contributed by atoms with van der Waals surface area (Å²) in [6, 6.07) is 1.99. The Hall–Kier alpha value is -1.16. The minimum atomic E-state index is 0.717. The molecule has 1 aliphatic rings. The van der Waals surface area contributed by atoms with Gasteiger partial charge in [-0.05, 0) is 45.3 Å². The standard InChI is InChI=1S/C11H18N4/c1-8-5-9(2)15-11(14-8)13-7-10-3-4-12-6-10/h5,10,12H,3-4,6-7H2,1-2H3,(H,13,14,15). The molecule has 0 aliphatic carbocycles. The highest BCUT2D eigenvalue weighted by atomic mass is 15.1. The Bertz CT molecular complexity index is 311. The van der Waals surface area contributed by atoms with Crippen molar-refractivity contribution >= 4 is 5.95 Å². The maximum atomic E-state index is 4.35. The van der Waals surface area contributed by atoms with Gasteiger partial charge in [-0.3, -0.25) is 0 Å². The molecule has 1 unspecified atom stereocenters. The highest BCUT2D eigenvalue weighted by Gasteiger charge is 2.14. The van der Waals surface area contributed by atoms with Gasteiger partial charge in [-0.15, -0.1) is 0 Å². The number of aromatic nitrogens is 2. The molecule has 1 fully saturated rings. The molecule has 2 N–H and O–H groups in total. The smallest absolute Gasteiger partial charge is 0.223 e. The lowest BCUT2D eigenvalue weighted by atomic mass is 10.1. The molecule has 0 amide bonds. The van der Waals surface area contributed by atoms with E-state index in [4.69, 9.17) is 0 Å². The molecule has 1 aromatic rings. The fourth-order valence-corrected chi connectivity index (χ4v) is 1.93. The lowest BCUT2D eigenvalue weighted by molar-refractivity contribution is 0.612. The fraction of sp³-hybridized carbons (Fsp3) is 0.636. The maximum Gasteiger partial charge on any atom is 0.223 e. The lowest BCUT2D eigenvalue weighted by Crippen LogP contribution is -2.18. The van der Waals surface area contributed by atoms with E-state index in [1.54, 1.807) is 0 Å². The number of hydrogen-bond acceptors (Lipinski definition) is 4. The zero-order chi connectivity index (χ0) is 10.7. The number of nitrogens with one attached hydrogen (secondary N) is 2. The fourth-order valence-electron chi connectivity index (χ4n) is 1.93. The first-order valence-electron chi connectivity index (χ1n) is 5.51. The van der Waals surface area contributed by atoms with Crippen molar-refractivity contribution in [3.05, 3.63) is 17.5 Å². The molecule has 0 aromatic carbocycles. The summed E-state index contributed by atoms with van der Waals surface area (Å²) in [5.41, 5.74) is 2.05. The van der Waals surface area contributed by atoms with Crippen LogP contribution in [0.5, 0.6) is 0 Å². The Balaban J connectivity index is 1.92. The second-order valence-corrected chi connectivity index (χ2v) is 4.21. The van der Waals surface area contributed by atoms with Gasteiger partial charge in [0.15, 0.2) is 0 Å². The van der Waals surface area contributed by atoms with E-state index in [9.17, 15) is 0 Å². The van der Waals surface area contributed by atoms with Gasteiger partial charge >= 0.3 is 0 Å². The normalized spacial score (nSPS) is 20.5. The van der Waals surface area contributed by atoms with Crippen LogP contribution in [0, 0.1) is 19.8 Å². The largest absolute Gasteiger partial charge is 0.354 e. The lowest BCUT2D eigenvalue weighted by Gasteiger charge is -2.10. The number of anilines is 1. The summed E-state index contributed by atoms with van der Waals surface area (Å²) < 4.78 is 0. The van der Waals surface area contributed by atoms with E-state index in [0.717, 1.165) is 42.9 Å². The predicted octanol–water partition coefficient (Wildman–Crippen LogP) is 1.11. The SMILES string of the molecule is Cc1cc(C)nc(NCC2CCNC2)n1. The van der Waals surface area contributed by atoms with Crippen LogP contribution in [0.3, 0.4) is 0 Å². The number of nitrogens with zero attached hydrogens (tertiary/aromatic N) is 2. The summed E-state index contributed by atoms with van der Waals surface area (Å²) in [6.07, 6.45) is 1.25. The van der Waals surface area contributed by atoms with Gasteiger partial charge in [0.05, 0.1) is 0 Å². The number of aryl methyl sites for hydroxylation is 2. The van der Waals surface area contributed by atoms with Crippen LogP contribution in [-0.4, -0.2) is 29.6 Å². The van der Waals surface area contributed by atoms with E-state index in [-0.39, 0.29) is 0 Å². The third kappa shape index (κ3) is 2.89. The molecule has 1 atom stereocenters. The average molecular weight is 206 g/mol. The molecule has 2 heterocycles. The van der Waals surface area contributed by atoms with Crippen LogP contribution in [-0.2, 0) is 0 Å². The second-order valence-electron chi connectivity index (χ2n) is 4.21. The van der Waals surface area contributed by atoms with Crippen molar-refractivity contribution in [3.8, 4) is 0 Å². The molecule has 0 bridgehead atoms. The first-order valence-corrected chi connectivity index (χ1v) is 5.51. The summed E-state index contributed by atoms with van der Waals surface area (Å²) in [4.78, 5) is 8.70. The molecule has 82 valence electrons. The highest BCUT2D eigenvalue weighted by Crippen LogP contribution is 2.09. The summed E-state index contributed by atoms with van der Waals surface area (Å²) in [7, 11) is 0. The van der Waals surface area contributed by atoms with Crippen LogP contribution in [0.2, 0.25) is 0 Å². The third-order valence-corrected chi connectivity index (χ3v) is 2.69. The van der Waals surface area contributed by atoms with Gasteiger partial charge in [-0.2, -0.15) is 0 Å². The molecule has 1 aliphatic heterocycles. The Morgan fingerprint density at radius 2 is 2.13 bits per heavy atom. The van der Waals surface area contributed by atoms with Gasteiger partial charge in [-0.1, -0.05) is 0 Å². The second kappa shape index (κ2) is 4.57. The number of rotatable bonds is 3. The maximum absolute atomic E-state index is 4.35. The molecule has 15 heavy (non-hydrogen) atoms. The topological polar surface area (TPSA) is 49.8 Å². The van der Waals surface area contributed by atoms with E-state index in [2.05, 4.69) is 20.6 Å². The summed E-state index contributed by atoms with van der Waals surface area (Å²) in [5.74, 6) is 1.48. The van der Waals surface area contributed by atoms with Crippen molar-refractivity contribution in [2.24, 2.45) is 5.92 Å². The van der Waals surface area contributed by atoms with Gasteiger partial charge in [0.25, 0.3) is 0 Å². The molecule has 0 spiro atoms. The van der Waals surface area contributed by atoms with Gasteiger partial charge in [0, 0.05) is 17.9 Å². The molecule has 4 nitrogen and oxygen atoms in total. The van der Waals surface area contributed by atoms with Crippen LogP contribution in [0.4, 0.5) is 5.95 Å². The minimum Gasteiger partial charge on any atom is -0.354 e. The third-order valence-electron chi connectivity index (χ3n) is 2.69. The Kier molecular flexibility index (Phi) is 3.16. The van der Waals surface area contributed by atoms with Crippen LogP contribution in [0.1, 0.15) is 17.8 Å². The Morgan fingerprint density at radius 3 is 2.73 bits per heavy atom. The molecule has 0 saturated carbocycles. The van der Waals surface area contributed by atoms with E-state index in [1.165, 1.54) is 6.42 Å². The number of hydrogen-bond donors (Lipinski definition) is 2. The van der Waals surface area contributed by atoms with Gasteiger partial charge in [0.1, 0.15) is 0 Å². The Labute approximate surface area is 90.5 Å². The summed E-state index contributed by atoms with van der Waals surface area (Å²) in [6.45, 7) is 7.21. The molecular formula is C11H18N4. The molecule has 0 radical (unpaired) electrons. The molecule has 1 aromatic heterocycles. The molecule has 4 heteroatoms. The molecule has 2 rings (SSSR count). The predicted molar refractivity (Wildman–Crippen MR) is 61.0 cm³/mol. The zero-order valence-electron chi connectivity index (χ0n) is 9.38. The van der Waals surface area contributed by atoms with E-state index in [0.29, 0.717) is 0 Å². The van der Waals surface area contributed by atoms with Crippen LogP contribution < -0.4 is 10.6 Å². The van der Waals surface area contributed by atoms with Crippen LogP contribution >= 0.6 is 0 Å². The molecule has 1 saturated heterocycles. The monoisotopic (exact) mass is 206 g/mol. The van der Waals surface area contributed by atoms with Crippen molar-refractivity contribution in [1.29, 1.82) is 0 Å². The zero-order valence-corrected chi connectivity index (χ0v) is 9.38. The summed E-state index contributed by atoms with van der Waals surface area (Å²) >= 11 is 0. The van der Waals surface area contributed by atoms with Crippen LogP contribution in [0.15, 0.2) is 6.07 Å². The Morgan fingerprint density at radius 1 is 1.40 bits per heavy atom. The summed E-state index contributed by atoms with van der Waals surface area (Å²) in [5, 5.41) is 6.66. The van der Waals surface area contributed by atoms with Crippen molar-refractivity contribution in [3.63, 3.8) is 0 Å². The average Bonchev–Trinajstić information content (AvgIpc) is 2.65. The van der Waals surface area contributed by atoms with E-state index in [1.807, 2.05) is 19.9 Å².